The molecule has 34 heavy (non-hydrogen) atoms. The second-order valence-electron chi connectivity index (χ2n) is 9.54. The van der Waals surface area contributed by atoms with E-state index in [1.54, 1.807) is 24.3 Å². The molecule has 1 fully saturated rings. The third-order valence-corrected chi connectivity index (χ3v) is 5.41. The Kier molecular flexibility index (Phi) is 9.77. The lowest BCUT2D eigenvalue weighted by Crippen LogP contribution is -2.56. The molecule has 1 aromatic carbocycles. The summed E-state index contributed by atoms with van der Waals surface area (Å²) in [6.07, 6.45) is 8.33. The molecule has 0 aromatic heterocycles. The molecular weight excluding hydrogens is 438 g/mol. The van der Waals surface area contributed by atoms with E-state index in [-0.39, 0.29) is 12.5 Å². The molecule has 0 heterocycles. The first-order valence-corrected chi connectivity index (χ1v) is 11.6. The van der Waals surface area contributed by atoms with E-state index in [0.29, 0.717) is 18.0 Å². The van der Waals surface area contributed by atoms with Crippen molar-refractivity contribution in [3.8, 4) is 11.5 Å². The van der Waals surface area contributed by atoms with Crippen molar-refractivity contribution in [3.05, 3.63) is 29.8 Å². The van der Waals surface area contributed by atoms with Crippen LogP contribution in [0.5, 0.6) is 11.5 Å². The van der Waals surface area contributed by atoms with Crippen LogP contribution < -0.4 is 25.8 Å². The number of alkyl carbamates (subject to hydrolysis) is 1. The molecule has 2 rings (SSSR count). The Morgan fingerprint density at radius 2 is 1.76 bits per heavy atom. The summed E-state index contributed by atoms with van der Waals surface area (Å²) in [7, 11) is 1.48. The standard InChI is InChI=1S/C25H37N3O6/c1-24(2,3)34-23(31)28-25(13-7-5-6-8-14-25)17-27-22(30)12-10-18-9-11-19(20(15-18)32-4)33-16-21(26)29/h9-12,15H,5-8,13-14,16-17H2,1-4H3,(H2,26,29)(H,27,30)(H,28,31)/b12-10+. The van der Waals surface area contributed by atoms with Crippen LogP contribution in [0.15, 0.2) is 24.3 Å². The van der Waals surface area contributed by atoms with E-state index in [0.717, 1.165) is 44.1 Å². The average molecular weight is 476 g/mol. The molecule has 0 unspecified atom stereocenters. The van der Waals surface area contributed by atoms with E-state index in [2.05, 4.69) is 10.6 Å². The minimum absolute atomic E-state index is 0.257. The fourth-order valence-corrected chi connectivity index (χ4v) is 3.81. The Morgan fingerprint density at radius 1 is 1.09 bits per heavy atom. The van der Waals surface area contributed by atoms with E-state index < -0.39 is 23.1 Å². The van der Waals surface area contributed by atoms with Gasteiger partial charge in [-0.3, -0.25) is 9.59 Å². The predicted molar refractivity (Wildman–Crippen MR) is 130 cm³/mol. The molecule has 0 aliphatic heterocycles. The lowest BCUT2D eigenvalue weighted by Gasteiger charge is -2.35. The van der Waals surface area contributed by atoms with Gasteiger partial charge in [0.15, 0.2) is 18.1 Å². The molecule has 0 saturated heterocycles. The van der Waals surface area contributed by atoms with Gasteiger partial charge >= 0.3 is 6.09 Å². The second kappa shape index (κ2) is 12.3. The molecule has 1 saturated carbocycles. The van der Waals surface area contributed by atoms with Crippen molar-refractivity contribution < 1.29 is 28.6 Å². The Morgan fingerprint density at radius 3 is 2.35 bits per heavy atom. The van der Waals surface area contributed by atoms with Crippen molar-refractivity contribution in [1.29, 1.82) is 0 Å². The van der Waals surface area contributed by atoms with Crippen LogP contribution in [-0.2, 0) is 14.3 Å². The molecule has 0 bridgehead atoms. The Hall–Kier alpha value is -3.23. The zero-order valence-corrected chi connectivity index (χ0v) is 20.6. The molecule has 1 aromatic rings. The van der Waals surface area contributed by atoms with E-state index in [4.69, 9.17) is 19.9 Å². The summed E-state index contributed by atoms with van der Waals surface area (Å²) >= 11 is 0. The second-order valence-corrected chi connectivity index (χ2v) is 9.54. The molecule has 188 valence electrons. The van der Waals surface area contributed by atoms with Gasteiger partial charge in [0.1, 0.15) is 5.60 Å². The lowest BCUT2D eigenvalue weighted by atomic mass is 9.90. The molecule has 0 atom stereocenters. The van der Waals surface area contributed by atoms with Gasteiger partial charge in [0.25, 0.3) is 5.91 Å². The van der Waals surface area contributed by atoms with Crippen LogP contribution in [0.3, 0.4) is 0 Å². The minimum Gasteiger partial charge on any atom is -0.493 e. The highest BCUT2D eigenvalue weighted by atomic mass is 16.6. The molecule has 0 radical (unpaired) electrons. The van der Waals surface area contributed by atoms with Gasteiger partial charge in [-0.2, -0.15) is 0 Å². The number of primary amides is 1. The van der Waals surface area contributed by atoms with Crippen molar-refractivity contribution in [2.45, 2.75) is 70.4 Å². The molecular formula is C25H37N3O6. The summed E-state index contributed by atoms with van der Waals surface area (Å²) in [5.74, 6) is -0.0628. The quantitative estimate of drug-likeness (QED) is 0.371. The fraction of sp³-hybridized carbons (Fsp3) is 0.560. The summed E-state index contributed by atoms with van der Waals surface area (Å²) in [5, 5.41) is 5.96. The number of carbonyl (C=O) groups is 3. The van der Waals surface area contributed by atoms with Crippen molar-refractivity contribution in [2.75, 3.05) is 20.3 Å². The Balaban J connectivity index is 2.02. The normalized spacial score (nSPS) is 15.8. The van der Waals surface area contributed by atoms with Gasteiger partial charge in [0, 0.05) is 12.6 Å². The number of rotatable bonds is 9. The van der Waals surface area contributed by atoms with Gasteiger partial charge in [-0.15, -0.1) is 0 Å². The largest absolute Gasteiger partial charge is 0.493 e. The fourth-order valence-electron chi connectivity index (χ4n) is 3.81. The van der Waals surface area contributed by atoms with Gasteiger partial charge in [-0.25, -0.2) is 4.79 Å². The monoisotopic (exact) mass is 475 g/mol. The summed E-state index contributed by atoms with van der Waals surface area (Å²) in [6, 6.07) is 5.07. The molecule has 9 nitrogen and oxygen atoms in total. The van der Waals surface area contributed by atoms with E-state index in [1.165, 1.54) is 13.2 Å². The van der Waals surface area contributed by atoms with Gasteiger partial charge < -0.3 is 30.6 Å². The predicted octanol–water partition coefficient (Wildman–Crippen LogP) is 3.31. The smallest absolute Gasteiger partial charge is 0.408 e. The first kappa shape index (κ1) is 27.0. The lowest BCUT2D eigenvalue weighted by molar-refractivity contribution is -0.120. The molecule has 1 aliphatic rings. The van der Waals surface area contributed by atoms with E-state index in [9.17, 15) is 14.4 Å². The zero-order valence-electron chi connectivity index (χ0n) is 20.6. The van der Waals surface area contributed by atoms with Crippen molar-refractivity contribution in [3.63, 3.8) is 0 Å². The summed E-state index contributed by atoms with van der Waals surface area (Å²) in [4.78, 5) is 35.9. The zero-order chi connectivity index (χ0) is 25.2. The highest BCUT2D eigenvalue weighted by Crippen LogP contribution is 2.29. The van der Waals surface area contributed by atoms with Crippen LogP contribution in [0, 0.1) is 0 Å². The van der Waals surface area contributed by atoms with Crippen LogP contribution in [0.1, 0.15) is 64.9 Å². The first-order chi connectivity index (χ1) is 16.0. The van der Waals surface area contributed by atoms with Gasteiger partial charge in [-0.05, 0) is 57.4 Å². The number of benzene rings is 1. The molecule has 0 spiro atoms. The molecule has 4 N–H and O–H groups in total. The third-order valence-electron chi connectivity index (χ3n) is 5.41. The number of hydrogen-bond acceptors (Lipinski definition) is 6. The maximum atomic E-state index is 12.6. The average Bonchev–Trinajstić information content (AvgIpc) is 2.99. The van der Waals surface area contributed by atoms with Crippen LogP contribution >= 0.6 is 0 Å². The summed E-state index contributed by atoms with van der Waals surface area (Å²) in [5.41, 5.74) is 4.69. The highest BCUT2D eigenvalue weighted by Gasteiger charge is 2.34. The summed E-state index contributed by atoms with van der Waals surface area (Å²) in [6.45, 7) is 5.53. The molecule has 3 amide bonds. The SMILES string of the molecule is COc1cc(/C=C/C(=O)NCC2(NC(=O)OC(C)(C)C)CCCCCC2)ccc1OCC(N)=O. The maximum Gasteiger partial charge on any atom is 0.408 e. The van der Waals surface area contributed by atoms with Crippen LogP contribution in [-0.4, -0.2) is 49.3 Å². The van der Waals surface area contributed by atoms with E-state index >= 15 is 0 Å². The highest BCUT2D eigenvalue weighted by molar-refractivity contribution is 5.91. The first-order valence-electron chi connectivity index (χ1n) is 11.6. The van der Waals surface area contributed by atoms with Gasteiger partial charge in [0.2, 0.25) is 5.91 Å². The number of nitrogens with one attached hydrogen (secondary N) is 2. The Labute approximate surface area is 201 Å². The topological polar surface area (TPSA) is 129 Å². The number of carbonyl (C=O) groups excluding carboxylic acids is 3. The summed E-state index contributed by atoms with van der Waals surface area (Å²) < 4.78 is 16.1. The number of methoxy groups -OCH3 is 1. The van der Waals surface area contributed by atoms with Gasteiger partial charge in [-0.1, -0.05) is 31.7 Å². The molecule has 9 heteroatoms. The Bertz CT molecular complexity index is 883. The molecule has 1 aliphatic carbocycles. The van der Waals surface area contributed by atoms with E-state index in [1.807, 2.05) is 20.8 Å². The number of nitrogens with two attached hydrogens (primary N) is 1. The maximum absolute atomic E-state index is 12.6. The van der Waals surface area contributed by atoms with Crippen LogP contribution in [0.25, 0.3) is 6.08 Å². The van der Waals surface area contributed by atoms with Crippen molar-refractivity contribution in [2.24, 2.45) is 5.73 Å². The number of ether oxygens (including phenoxy) is 3. The number of hydrogen-bond donors (Lipinski definition) is 3. The number of amides is 3. The van der Waals surface area contributed by atoms with Crippen molar-refractivity contribution in [1.82, 2.24) is 10.6 Å². The van der Waals surface area contributed by atoms with Gasteiger partial charge in [0.05, 0.1) is 12.6 Å². The van der Waals surface area contributed by atoms with Crippen LogP contribution in [0.4, 0.5) is 4.79 Å². The van der Waals surface area contributed by atoms with Crippen LogP contribution in [0.2, 0.25) is 0 Å². The van der Waals surface area contributed by atoms with Crippen molar-refractivity contribution >= 4 is 24.0 Å². The third kappa shape index (κ3) is 9.33. The minimum atomic E-state index is -0.594.